The van der Waals surface area contributed by atoms with Gasteiger partial charge < -0.3 is 10.3 Å². The number of imidazole rings is 1. The van der Waals surface area contributed by atoms with E-state index in [0.717, 1.165) is 23.6 Å². The van der Waals surface area contributed by atoms with Crippen LogP contribution in [0.1, 0.15) is 12.7 Å². The quantitative estimate of drug-likeness (QED) is 0.843. The molecule has 0 fully saturated rings. The molecule has 0 spiro atoms. The summed E-state index contributed by atoms with van der Waals surface area (Å²) in [5, 5.41) is 0. The lowest BCUT2D eigenvalue weighted by molar-refractivity contribution is 0.628. The topological polar surface area (TPSA) is 43.8 Å². The van der Waals surface area contributed by atoms with Gasteiger partial charge in [0.15, 0.2) is 0 Å². The van der Waals surface area contributed by atoms with Gasteiger partial charge in [0.25, 0.3) is 0 Å². The first-order valence-electron chi connectivity index (χ1n) is 5.22. The SMILES string of the molecule is CCn1c(C)nc(-c2ccc(F)cc2)c1N. The summed E-state index contributed by atoms with van der Waals surface area (Å²) in [6.45, 7) is 4.71. The third-order valence-corrected chi connectivity index (χ3v) is 2.63. The zero-order valence-electron chi connectivity index (χ0n) is 9.37. The Bertz CT molecular complexity index is 500. The van der Waals surface area contributed by atoms with Crippen LogP contribution in [-0.4, -0.2) is 9.55 Å². The van der Waals surface area contributed by atoms with Crippen LogP contribution in [0.25, 0.3) is 11.3 Å². The molecule has 1 aromatic carbocycles. The average molecular weight is 219 g/mol. The molecule has 4 heteroatoms. The third kappa shape index (κ3) is 1.66. The summed E-state index contributed by atoms with van der Waals surface area (Å²) in [7, 11) is 0. The van der Waals surface area contributed by atoms with Gasteiger partial charge in [-0.1, -0.05) is 0 Å². The molecule has 0 aliphatic carbocycles. The zero-order valence-corrected chi connectivity index (χ0v) is 9.37. The number of anilines is 1. The zero-order chi connectivity index (χ0) is 11.7. The van der Waals surface area contributed by atoms with Crippen LogP contribution in [0.2, 0.25) is 0 Å². The molecule has 0 radical (unpaired) electrons. The van der Waals surface area contributed by atoms with E-state index in [1.165, 1.54) is 12.1 Å². The molecule has 2 aromatic rings. The van der Waals surface area contributed by atoms with E-state index in [2.05, 4.69) is 4.98 Å². The molecule has 16 heavy (non-hydrogen) atoms. The van der Waals surface area contributed by atoms with Gasteiger partial charge in [0, 0.05) is 12.1 Å². The van der Waals surface area contributed by atoms with Gasteiger partial charge in [0.05, 0.1) is 0 Å². The Morgan fingerprint density at radius 1 is 1.31 bits per heavy atom. The minimum absolute atomic E-state index is 0.256. The summed E-state index contributed by atoms with van der Waals surface area (Å²) >= 11 is 0. The van der Waals surface area contributed by atoms with Gasteiger partial charge in [-0.15, -0.1) is 0 Å². The smallest absolute Gasteiger partial charge is 0.131 e. The lowest BCUT2D eigenvalue weighted by Crippen LogP contribution is -2.02. The van der Waals surface area contributed by atoms with Gasteiger partial charge in [-0.05, 0) is 38.1 Å². The van der Waals surface area contributed by atoms with E-state index in [-0.39, 0.29) is 5.82 Å². The fraction of sp³-hybridized carbons (Fsp3) is 0.250. The highest BCUT2D eigenvalue weighted by Gasteiger charge is 2.12. The Labute approximate surface area is 93.7 Å². The molecular formula is C12H14FN3. The van der Waals surface area contributed by atoms with Crippen molar-refractivity contribution in [2.45, 2.75) is 20.4 Å². The van der Waals surface area contributed by atoms with E-state index in [1.807, 2.05) is 18.4 Å². The van der Waals surface area contributed by atoms with Crippen LogP contribution in [0.15, 0.2) is 24.3 Å². The monoisotopic (exact) mass is 219 g/mol. The average Bonchev–Trinajstić information content (AvgIpc) is 2.55. The van der Waals surface area contributed by atoms with Crippen molar-refractivity contribution in [2.24, 2.45) is 0 Å². The Kier molecular flexibility index (Phi) is 2.64. The van der Waals surface area contributed by atoms with Crippen molar-refractivity contribution in [3.8, 4) is 11.3 Å². The summed E-state index contributed by atoms with van der Waals surface area (Å²) in [6.07, 6.45) is 0. The molecule has 1 heterocycles. The molecule has 0 aliphatic rings. The number of aryl methyl sites for hydroxylation is 1. The Morgan fingerprint density at radius 3 is 2.44 bits per heavy atom. The van der Waals surface area contributed by atoms with Gasteiger partial charge >= 0.3 is 0 Å². The van der Waals surface area contributed by atoms with Crippen LogP contribution in [0.4, 0.5) is 10.2 Å². The van der Waals surface area contributed by atoms with Crippen molar-refractivity contribution < 1.29 is 4.39 Å². The van der Waals surface area contributed by atoms with Crippen LogP contribution < -0.4 is 5.73 Å². The maximum Gasteiger partial charge on any atom is 0.131 e. The molecule has 0 amide bonds. The summed E-state index contributed by atoms with van der Waals surface area (Å²) < 4.78 is 14.7. The molecule has 0 saturated heterocycles. The fourth-order valence-corrected chi connectivity index (χ4v) is 1.80. The minimum Gasteiger partial charge on any atom is -0.383 e. The van der Waals surface area contributed by atoms with E-state index in [4.69, 9.17) is 5.73 Å². The molecule has 0 aliphatic heterocycles. The van der Waals surface area contributed by atoms with Gasteiger partial charge in [0.1, 0.15) is 23.2 Å². The Balaban J connectivity index is 2.52. The molecule has 0 atom stereocenters. The number of benzene rings is 1. The maximum absolute atomic E-state index is 12.8. The lowest BCUT2D eigenvalue weighted by Gasteiger charge is -2.03. The Morgan fingerprint density at radius 2 is 1.94 bits per heavy atom. The number of rotatable bonds is 2. The van der Waals surface area contributed by atoms with Crippen LogP contribution in [-0.2, 0) is 6.54 Å². The molecule has 0 bridgehead atoms. The van der Waals surface area contributed by atoms with Crippen LogP contribution in [0.3, 0.4) is 0 Å². The molecule has 84 valence electrons. The molecule has 3 nitrogen and oxygen atoms in total. The number of hydrogen-bond acceptors (Lipinski definition) is 2. The number of nitrogens with two attached hydrogens (primary N) is 1. The summed E-state index contributed by atoms with van der Waals surface area (Å²) in [5.41, 5.74) is 7.55. The standard InChI is InChI=1S/C12H14FN3/c1-3-16-8(2)15-11(12(16)14)9-4-6-10(13)7-5-9/h4-7H,3,14H2,1-2H3. The highest BCUT2D eigenvalue weighted by molar-refractivity contribution is 5.70. The normalized spacial score (nSPS) is 10.7. The van der Waals surface area contributed by atoms with Crippen molar-refractivity contribution in [1.82, 2.24) is 9.55 Å². The minimum atomic E-state index is -0.256. The largest absolute Gasteiger partial charge is 0.383 e. The maximum atomic E-state index is 12.8. The predicted octanol–water partition coefficient (Wildman–Crippen LogP) is 2.60. The Hall–Kier alpha value is -1.84. The van der Waals surface area contributed by atoms with Crippen molar-refractivity contribution in [3.63, 3.8) is 0 Å². The first kappa shape index (κ1) is 10.7. The number of halogens is 1. The fourth-order valence-electron chi connectivity index (χ4n) is 1.80. The highest BCUT2D eigenvalue weighted by Crippen LogP contribution is 2.26. The second-order valence-corrected chi connectivity index (χ2v) is 3.64. The van der Waals surface area contributed by atoms with Crippen LogP contribution in [0, 0.1) is 12.7 Å². The third-order valence-electron chi connectivity index (χ3n) is 2.63. The second-order valence-electron chi connectivity index (χ2n) is 3.64. The molecule has 0 saturated carbocycles. The molecule has 2 rings (SSSR count). The predicted molar refractivity (Wildman–Crippen MR) is 62.4 cm³/mol. The van der Waals surface area contributed by atoms with E-state index in [0.29, 0.717) is 5.82 Å². The van der Waals surface area contributed by atoms with E-state index >= 15 is 0 Å². The van der Waals surface area contributed by atoms with E-state index in [1.54, 1.807) is 12.1 Å². The molecule has 2 N–H and O–H groups in total. The number of nitrogen functional groups attached to an aromatic ring is 1. The first-order valence-corrected chi connectivity index (χ1v) is 5.22. The highest BCUT2D eigenvalue weighted by atomic mass is 19.1. The molecular weight excluding hydrogens is 205 g/mol. The van der Waals surface area contributed by atoms with Crippen LogP contribution >= 0.6 is 0 Å². The van der Waals surface area contributed by atoms with Crippen LogP contribution in [0.5, 0.6) is 0 Å². The van der Waals surface area contributed by atoms with Gasteiger partial charge in [-0.2, -0.15) is 0 Å². The van der Waals surface area contributed by atoms with Crippen molar-refractivity contribution in [1.29, 1.82) is 0 Å². The first-order chi connectivity index (χ1) is 7.63. The van der Waals surface area contributed by atoms with Gasteiger partial charge in [-0.25, -0.2) is 9.37 Å². The number of nitrogens with zero attached hydrogens (tertiary/aromatic N) is 2. The number of aromatic nitrogens is 2. The van der Waals surface area contributed by atoms with Gasteiger partial charge in [-0.3, -0.25) is 0 Å². The van der Waals surface area contributed by atoms with Crippen molar-refractivity contribution >= 4 is 5.82 Å². The van der Waals surface area contributed by atoms with Crippen molar-refractivity contribution in [3.05, 3.63) is 35.9 Å². The van der Waals surface area contributed by atoms with E-state index in [9.17, 15) is 4.39 Å². The second kappa shape index (κ2) is 3.96. The summed E-state index contributed by atoms with van der Waals surface area (Å²) in [5.74, 6) is 1.25. The molecule has 0 unspecified atom stereocenters. The summed E-state index contributed by atoms with van der Waals surface area (Å²) in [4.78, 5) is 4.40. The lowest BCUT2D eigenvalue weighted by atomic mass is 10.1. The number of hydrogen-bond donors (Lipinski definition) is 1. The van der Waals surface area contributed by atoms with E-state index < -0.39 is 0 Å². The van der Waals surface area contributed by atoms with Crippen molar-refractivity contribution in [2.75, 3.05) is 5.73 Å². The molecule has 1 aromatic heterocycles. The van der Waals surface area contributed by atoms with Gasteiger partial charge in [0.2, 0.25) is 0 Å². The summed E-state index contributed by atoms with van der Waals surface area (Å²) in [6, 6.07) is 6.20.